The van der Waals surface area contributed by atoms with Gasteiger partial charge in [0.25, 0.3) is 11.8 Å². The van der Waals surface area contributed by atoms with E-state index < -0.39 is 11.9 Å². The number of halogens is 2. The molecule has 2 saturated heterocycles. The Bertz CT molecular complexity index is 1300. The first-order valence-electron chi connectivity index (χ1n) is 13.6. The van der Waals surface area contributed by atoms with E-state index in [4.69, 9.17) is 11.6 Å². The number of carbonyl (C=O) groups excluding carboxylic acids is 3. The molecule has 3 aliphatic rings. The lowest BCUT2D eigenvalue weighted by Gasteiger charge is -2.43. The van der Waals surface area contributed by atoms with E-state index in [2.05, 4.69) is 11.9 Å². The number of benzene rings is 2. The molecule has 0 bridgehead atoms. The van der Waals surface area contributed by atoms with Crippen LogP contribution in [-0.4, -0.2) is 84.3 Å². The minimum atomic E-state index is -0.766. The lowest BCUT2D eigenvalue weighted by molar-refractivity contribution is -0.138. The van der Waals surface area contributed by atoms with Gasteiger partial charge in [-0.05, 0) is 74.3 Å². The number of nitrogens with zero attached hydrogens (tertiary/aromatic N) is 4. The molecule has 0 aliphatic carbocycles. The predicted molar refractivity (Wildman–Crippen MR) is 150 cm³/mol. The molecule has 1 atom stereocenters. The normalized spacial score (nSPS) is 21.1. The Hall–Kier alpha value is -2.97. The minimum absolute atomic E-state index is 0.00417. The largest absolute Gasteiger partial charge is 0.338 e. The Morgan fingerprint density at radius 3 is 2.38 bits per heavy atom. The molecule has 2 aromatic rings. The fourth-order valence-corrected chi connectivity index (χ4v) is 6.06. The Kier molecular flexibility index (Phi) is 7.46. The second-order valence-electron chi connectivity index (χ2n) is 12.2. The van der Waals surface area contributed by atoms with E-state index in [1.54, 1.807) is 45.0 Å². The maximum atomic E-state index is 14.8. The molecule has 3 heterocycles. The average molecular weight is 555 g/mol. The van der Waals surface area contributed by atoms with Crippen molar-refractivity contribution >= 4 is 35.0 Å². The summed E-state index contributed by atoms with van der Waals surface area (Å²) < 4.78 is 14.8. The van der Waals surface area contributed by atoms with Crippen LogP contribution < -0.4 is 4.90 Å². The monoisotopic (exact) mass is 554 g/mol. The summed E-state index contributed by atoms with van der Waals surface area (Å²) in [6.45, 7) is 8.55. The molecule has 9 heteroatoms. The molecule has 3 aliphatic heterocycles. The van der Waals surface area contributed by atoms with Gasteiger partial charge >= 0.3 is 0 Å². The topological polar surface area (TPSA) is 64.2 Å². The summed E-state index contributed by atoms with van der Waals surface area (Å²) in [5.74, 6) is -0.903. The molecule has 3 amide bonds. The zero-order valence-electron chi connectivity index (χ0n) is 23.0. The average Bonchev–Trinajstić information content (AvgIpc) is 2.96. The van der Waals surface area contributed by atoms with Crippen LogP contribution >= 0.6 is 11.6 Å². The number of rotatable bonds is 3. The number of piperazine rings is 1. The number of amides is 3. The van der Waals surface area contributed by atoms with Crippen LogP contribution in [0.1, 0.15) is 50.4 Å². The molecule has 7 nitrogen and oxygen atoms in total. The van der Waals surface area contributed by atoms with Crippen LogP contribution in [0.3, 0.4) is 0 Å². The van der Waals surface area contributed by atoms with Gasteiger partial charge in [-0.15, -0.1) is 0 Å². The Balaban J connectivity index is 1.55. The van der Waals surface area contributed by atoms with Crippen molar-refractivity contribution in [3.05, 3.63) is 52.8 Å². The van der Waals surface area contributed by atoms with Crippen LogP contribution in [0.2, 0.25) is 5.02 Å². The quantitative estimate of drug-likeness (QED) is 0.553. The van der Waals surface area contributed by atoms with Gasteiger partial charge < -0.3 is 19.6 Å². The highest BCUT2D eigenvalue weighted by molar-refractivity contribution is 6.30. The highest BCUT2D eigenvalue weighted by Crippen LogP contribution is 2.37. The van der Waals surface area contributed by atoms with E-state index in [1.807, 2.05) is 20.8 Å². The minimum Gasteiger partial charge on any atom is -0.338 e. The van der Waals surface area contributed by atoms with Gasteiger partial charge in [-0.2, -0.15) is 0 Å². The molecule has 0 saturated carbocycles. The van der Waals surface area contributed by atoms with Gasteiger partial charge in [0.05, 0.1) is 17.8 Å². The van der Waals surface area contributed by atoms with E-state index >= 15 is 0 Å². The zero-order chi connectivity index (χ0) is 28.1. The summed E-state index contributed by atoms with van der Waals surface area (Å²) >= 11 is 5.97. The lowest BCUT2D eigenvalue weighted by atomic mass is 9.91. The second kappa shape index (κ2) is 10.5. The third-order valence-electron chi connectivity index (χ3n) is 7.98. The van der Waals surface area contributed by atoms with Gasteiger partial charge in [0.2, 0.25) is 5.91 Å². The third-order valence-corrected chi connectivity index (χ3v) is 8.21. The Morgan fingerprint density at radius 1 is 1.00 bits per heavy atom. The van der Waals surface area contributed by atoms with Crippen molar-refractivity contribution in [3.63, 3.8) is 0 Å². The van der Waals surface area contributed by atoms with Gasteiger partial charge in [0, 0.05) is 36.1 Å². The molecule has 0 N–H and O–H groups in total. The number of hydrogen-bond donors (Lipinski definition) is 0. The second-order valence-corrected chi connectivity index (χ2v) is 12.6. The van der Waals surface area contributed by atoms with Crippen LogP contribution in [-0.2, 0) is 9.59 Å². The van der Waals surface area contributed by atoms with Crippen molar-refractivity contribution < 1.29 is 18.8 Å². The van der Waals surface area contributed by atoms with Crippen LogP contribution in [0.4, 0.5) is 10.1 Å². The lowest BCUT2D eigenvalue weighted by Crippen LogP contribution is -2.62. The van der Waals surface area contributed by atoms with Crippen molar-refractivity contribution in [2.45, 2.75) is 52.1 Å². The molecular weight excluding hydrogens is 519 g/mol. The molecule has 2 aromatic carbocycles. The summed E-state index contributed by atoms with van der Waals surface area (Å²) in [6.07, 6.45) is 1.93. The van der Waals surface area contributed by atoms with Crippen LogP contribution in [0.5, 0.6) is 0 Å². The molecule has 0 aromatic heterocycles. The smallest absolute Gasteiger partial charge is 0.256 e. The summed E-state index contributed by atoms with van der Waals surface area (Å²) in [6, 6.07) is 8.86. The molecule has 0 spiro atoms. The number of hydrogen-bond acceptors (Lipinski definition) is 4. The Labute approximate surface area is 234 Å². The standard InChI is InChI=1S/C30H36ClFN4O3/c1-30(2,3)17-27(37)34-13-14-35-26(18-34)29(39)36(21-9-11-33(4)12-10-21)25-8-5-19(15-23(25)28(35)38)22-7-6-20(31)16-24(22)32/h5-8,15-16,21,26H,9-14,17-18H2,1-4H3. The SMILES string of the molecule is CN1CCC(N2C(=O)C3CN(C(=O)CC(C)(C)C)CCN3C(=O)c3cc(-c4ccc(Cl)cc4F)ccc32)CC1. The van der Waals surface area contributed by atoms with E-state index in [1.165, 1.54) is 6.07 Å². The number of anilines is 1. The predicted octanol–water partition coefficient (Wildman–Crippen LogP) is 4.68. The van der Waals surface area contributed by atoms with Gasteiger partial charge in [0.15, 0.2) is 0 Å². The van der Waals surface area contributed by atoms with E-state index in [9.17, 15) is 18.8 Å². The van der Waals surface area contributed by atoms with Crippen molar-refractivity contribution in [2.75, 3.05) is 44.7 Å². The highest BCUT2D eigenvalue weighted by atomic mass is 35.5. The van der Waals surface area contributed by atoms with Crippen molar-refractivity contribution in [3.8, 4) is 11.1 Å². The van der Waals surface area contributed by atoms with Gasteiger partial charge in [0.1, 0.15) is 11.9 Å². The number of piperidine rings is 1. The highest BCUT2D eigenvalue weighted by Gasteiger charge is 2.45. The molecule has 39 heavy (non-hydrogen) atoms. The van der Waals surface area contributed by atoms with Crippen molar-refractivity contribution in [2.24, 2.45) is 5.41 Å². The van der Waals surface area contributed by atoms with E-state index in [0.717, 1.165) is 25.9 Å². The van der Waals surface area contributed by atoms with Crippen molar-refractivity contribution in [1.82, 2.24) is 14.7 Å². The summed E-state index contributed by atoms with van der Waals surface area (Å²) in [5.41, 5.74) is 1.64. The van der Waals surface area contributed by atoms with Gasteiger partial charge in [-0.1, -0.05) is 38.4 Å². The van der Waals surface area contributed by atoms with E-state index in [0.29, 0.717) is 40.4 Å². The third kappa shape index (κ3) is 5.54. The fourth-order valence-electron chi connectivity index (χ4n) is 5.90. The summed E-state index contributed by atoms with van der Waals surface area (Å²) in [4.78, 5) is 48.8. The first-order chi connectivity index (χ1) is 18.4. The summed E-state index contributed by atoms with van der Waals surface area (Å²) in [5, 5.41) is 0.294. The first kappa shape index (κ1) is 27.6. The first-order valence-corrected chi connectivity index (χ1v) is 14.0. The maximum Gasteiger partial charge on any atom is 0.256 e. The molecule has 1 unspecified atom stereocenters. The number of likely N-dealkylation sites (tertiary alicyclic amines) is 1. The molecular formula is C30H36ClFN4O3. The fraction of sp³-hybridized carbons (Fsp3) is 0.500. The van der Waals surface area contributed by atoms with Crippen LogP contribution in [0, 0.1) is 11.2 Å². The summed E-state index contributed by atoms with van der Waals surface area (Å²) in [7, 11) is 2.06. The van der Waals surface area contributed by atoms with Gasteiger partial charge in [-0.3, -0.25) is 14.4 Å². The maximum absolute atomic E-state index is 14.8. The Morgan fingerprint density at radius 2 is 1.72 bits per heavy atom. The van der Waals surface area contributed by atoms with E-state index in [-0.39, 0.29) is 42.3 Å². The zero-order valence-corrected chi connectivity index (χ0v) is 23.8. The van der Waals surface area contributed by atoms with Crippen LogP contribution in [0.25, 0.3) is 11.1 Å². The molecule has 2 fully saturated rings. The molecule has 5 rings (SSSR count). The van der Waals surface area contributed by atoms with Crippen molar-refractivity contribution in [1.29, 1.82) is 0 Å². The van der Waals surface area contributed by atoms with Gasteiger partial charge in [-0.25, -0.2) is 4.39 Å². The number of carbonyl (C=O) groups is 3. The molecule has 0 radical (unpaired) electrons. The molecule has 208 valence electrons. The van der Waals surface area contributed by atoms with Crippen LogP contribution in [0.15, 0.2) is 36.4 Å². The number of fused-ring (bicyclic) bond motifs is 2.